The number of carbonyl (C=O) groups excluding carboxylic acids is 1. The fourth-order valence-electron chi connectivity index (χ4n) is 11.4. The number of ether oxygens (including phenoxy) is 1. The zero-order chi connectivity index (χ0) is 46.6. The maximum atomic E-state index is 16.9. The van der Waals surface area contributed by atoms with Crippen LogP contribution < -0.4 is 0 Å². The quantitative estimate of drug-likeness (QED) is 0.0322. The van der Waals surface area contributed by atoms with E-state index in [1.165, 1.54) is 186 Å². The molecule has 0 N–H and O–H groups in total. The lowest BCUT2D eigenvalue weighted by Gasteiger charge is -2.52. The van der Waals surface area contributed by atoms with E-state index in [1.54, 1.807) is 0 Å². The Morgan fingerprint density at radius 3 is 0.815 bits per heavy atom. The highest BCUT2D eigenvalue weighted by Gasteiger charge is 2.57. The van der Waals surface area contributed by atoms with E-state index in [0.29, 0.717) is 0 Å². The van der Waals surface area contributed by atoms with Gasteiger partial charge in [-0.3, -0.25) is 4.79 Å². The number of esters is 1. The largest absolute Gasteiger partial charge is 0.444 e. The van der Waals surface area contributed by atoms with E-state index in [0.717, 1.165) is 61.6 Å². The lowest BCUT2D eigenvalue weighted by Crippen LogP contribution is -2.52. The Kier molecular flexibility index (Phi) is 30.7. The Bertz CT molecular complexity index is 1400. The summed E-state index contributed by atoms with van der Waals surface area (Å²) >= 11 is 0. The fraction of sp³-hybridized carbons (Fsp3) is 0.698. The highest BCUT2D eigenvalue weighted by atomic mass is 16.6. The van der Waals surface area contributed by atoms with E-state index < -0.39 is 11.0 Å². The summed E-state index contributed by atoms with van der Waals surface area (Å²) in [5.41, 5.74) is 1.35. The lowest BCUT2D eigenvalue weighted by atomic mass is 9.53. The molecule has 3 rings (SSSR count). The van der Waals surface area contributed by atoms with E-state index in [2.05, 4.69) is 126 Å². The van der Waals surface area contributed by atoms with E-state index in [-0.39, 0.29) is 11.4 Å². The van der Waals surface area contributed by atoms with Gasteiger partial charge in [0, 0.05) is 16.7 Å². The van der Waals surface area contributed by atoms with Gasteiger partial charge in [-0.1, -0.05) is 325 Å². The molecule has 0 heterocycles. The van der Waals surface area contributed by atoms with Crippen molar-refractivity contribution in [2.75, 3.05) is 0 Å². The van der Waals surface area contributed by atoms with Crippen molar-refractivity contribution in [1.82, 2.24) is 0 Å². The van der Waals surface area contributed by atoms with Gasteiger partial charge in [-0.15, -0.1) is 0 Å². The first kappa shape index (κ1) is 56.5. The molecule has 0 aliphatic rings. The van der Waals surface area contributed by atoms with E-state index >= 15 is 4.79 Å². The van der Waals surface area contributed by atoms with Crippen molar-refractivity contribution in [3.8, 4) is 0 Å². The lowest BCUT2D eigenvalue weighted by molar-refractivity contribution is -0.181. The number of hydrogen-bond acceptors (Lipinski definition) is 2. The van der Waals surface area contributed by atoms with Crippen LogP contribution in [0.2, 0.25) is 0 Å². The molecule has 0 aromatic heterocycles. The Morgan fingerprint density at radius 2 is 0.554 bits per heavy atom. The molecular weight excluding hydrogens is 789 g/mol. The molecule has 2 nitrogen and oxygen atoms in total. The third-order valence-corrected chi connectivity index (χ3v) is 15.4. The molecule has 0 amide bonds. The fourth-order valence-corrected chi connectivity index (χ4v) is 11.4. The van der Waals surface area contributed by atoms with Crippen molar-refractivity contribution >= 4 is 5.97 Å². The standard InChI is InChI=1S/C63H102O2/c1-6-11-16-21-26-29-43-54-61(52-41-27-22-17-12-7-2,53-42-28-23-18-13-8-3)62(55-44-30-24-19-14-9-4,56-45-31-25-20-15-10-5)60(64)65-63(57-46-35-32-36-47-57,58-48-37-33-38-49-58)59-50-39-34-40-51-59/h32-40,46-51H,6-31,41-45,52-56H2,1-5H3. The van der Waals surface area contributed by atoms with Gasteiger partial charge in [-0.2, -0.15) is 0 Å². The molecule has 65 heavy (non-hydrogen) atoms. The van der Waals surface area contributed by atoms with Crippen molar-refractivity contribution in [3.63, 3.8) is 0 Å². The minimum absolute atomic E-state index is 0.0936. The van der Waals surface area contributed by atoms with Crippen LogP contribution in [0.15, 0.2) is 91.0 Å². The zero-order valence-corrected chi connectivity index (χ0v) is 43.4. The second kappa shape index (κ2) is 35.3. The Labute approximate surface area is 403 Å². The molecule has 3 aromatic carbocycles. The van der Waals surface area contributed by atoms with Gasteiger partial charge < -0.3 is 4.74 Å². The van der Waals surface area contributed by atoms with Crippen LogP contribution in [0.5, 0.6) is 0 Å². The van der Waals surface area contributed by atoms with Gasteiger partial charge in [0.2, 0.25) is 0 Å². The first-order valence-corrected chi connectivity index (χ1v) is 28.4. The zero-order valence-electron chi connectivity index (χ0n) is 43.4. The summed E-state index contributed by atoms with van der Waals surface area (Å²) in [5, 5.41) is 0. The third kappa shape index (κ3) is 19.3. The van der Waals surface area contributed by atoms with Crippen LogP contribution in [0.4, 0.5) is 0 Å². The Balaban J connectivity index is 2.34. The van der Waals surface area contributed by atoms with Gasteiger partial charge in [0.25, 0.3) is 0 Å². The molecule has 0 atom stereocenters. The monoisotopic (exact) mass is 891 g/mol. The Morgan fingerprint density at radius 1 is 0.323 bits per heavy atom. The Hall–Kier alpha value is -2.87. The number of benzene rings is 3. The molecule has 0 saturated heterocycles. The number of carbonyl (C=O) groups is 1. The molecule has 3 aromatic rings. The van der Waals surface area contributed by atoms with Gasteiger partial charge in [0.1, 0.15) is 0 Å². The van der Waals surface area contributed by atoms with Gasteiger partial charge >= 0.3 is 5.97 Å². The van der Waals surface area contributed by atoms with Gasteiger partial charge in [-0.05, 0) is 37.5 Å². The second-order valence-electron chi connectivity index (χ2n) is 20.5. The highest BCUT2D eigenvalue weighted by molar-refractivity contribution is 5.80. The SMILES string of the molecule is CCCCCCCCCC(CCCCCCCC)(CCCCCCCC)C(CCCCCCCC)(CCCCCCCC)C(=O)OC(c1ccccc1)(c1ccccc1)c1ccccc1. The van der Waals surface area contributed by atoms with Crippen molar-refractivity contribution in [3.05, 3.63) is 108 Å². The van der Waals surface area contributed by atoms with Gasteiger partial charge in [0.15, 0.2) is 5.60 Å². The predicted octanol–water partition coefficient (Wildman–Crippen LogP) is 20.6. The average Bonchev–Trinajstić information content (AvgIpc) is 3.34. The summed E-state index contributed by atoms with van der Waals surface area (Å²) in [5.74, 6) is 0.0936. The molecule has 0 saturated carbocycles. The van der Waals surface area contributed by atoms with Crippen LogP contribution >= 0.6 is 0 Å². The van der Waals surface area contributed by atoms with Gasteiger partial charge in [-0.25, -0.2) is 0 Å². The topological polar surface area (TPSA) is 26.3 Å². The van der Waals surface area contributed by atoms with E-state index in [9.17, 15) is 0 Å². The van der Waals surface area contributed by atoms with Gasteiger partial charge in [0.05, 0.1) is 5.41 Å². The number of rotatable bonds is 42. The minimum Gasteiger partial charge on any atom is -0.444 e. The predicted molar refractivity (Wildman–Crippen MR) is 285 cm³/mol. The summed E-state index contributed by atoms with van der Waals surface area (Å²) in [6, 6.07) is 32.3. The summed E-state index contributed by atoms with van der Waals surface area (Å²) in [6.07, 6.45) is 44.8. The van der Waals surface area contributed by atoms with Crippen LogP contribution in [-0.2, 0) is 15.1 Å². The third-order valence-electron chi connectivity index (χ3n) is 15.4. The van der Waals surface area contributed by atoms with Crippen LogP contribution in [0, 0.1) is 10.8 Å². The smallest absolute Gasteiger partial charge is 0.314 e. The van der Waals surface area contributed by atoms with Crippen molar-refractivity contribution in [2.24, 2.45) is 10.8 Å². The molecule has 0 unspecified atom stereocenters. The molecule has 0 radical (unpaired) electrons. The summed E-state index contributed by atoms with van der Waals surface area (Å²) < 4.78 is 7.81. The number of unbranched alkanes of at least 4 members (excludes halogenated alkanes) is 26. The summed E-state index contributed by atoms with van der Waals surface area (Å²) in [6.45, 7) is 11.6. The average molecular weight is 892 g/mol. The molecule has 0 bridgehead atoms. The molecule has 2 heteroatoms. The maximum absolute atomic E-state index is 16.9. The summed E-state index contributed by atoms with van der Waals surface area (Å²) in [4.78, 5) is 16.9. The van der Waals surface area contributed by atoms with E-state index in [1.807, 2.05) is 0 Å². The summed E-state index contributed by atoms with van der Waals surface area (Å²) in [7, 11) is 0. The molecule has 0 fully saturated rings. The highest BCUT2D eigenvalue weighted by Crippen LogP contribution is 2.59. The van der Waals surface area contributed by atoms with Crippen LogP contribution in [0.25, 0.3) is 0 Å². The first-order chi connectivity index (χ1) is 32.0. The molecule has 0 aliphatic carbocycles. The second-order valence-corrected chi connectivity index (χ2v) is 20.5. The van der Waals surface area contributed by atoms with Crippen molar-refractivity contribution in [2.45, 2.75) is 271 Å². The molecular formula is C63H102O2. The molecule has 0 spiro atoms. The van der Waals surface area contributed by atoms with Crippen molar-refractivity contribution < 1.29 is 9.53 Å². The first-order valence-electron chi connectivity index (χ1n) is 28.4. The maximum Gasteiger partial charge on any atom is 0.314 e. The molecule has 366 valence electrons. The van der Waals surface area contributed by atoms with Crippen LogP contribution in [-0.4, -0.2) is 5.97 Å². The van der Waals surface area contributed by atoms with Crippen molar-refractivity contribution in [1.29, 1.82) is 0 Å². The minimum atomic E-state index is -1.07. The number of hydrogen-bond donors (Lipinski definition) is 0. The van der Waals surface area contributed by atoms with Crippen LogP contribution in [0.3, 0.4) is 0 Å². The normalized spacial score (nSPS) is 12.2. The molecule has 0 aliphatic heterocycles. The van der Waals surface area contributed by atoms with Crippen LogP contribution in [0.1, 0.15) is 282 Å². The van der Waals surface area contributed by atoms with E-state index in [4.69, 9.17) is 4.74 Å².